The first-order chi connectivity index (χ1) is 22.2. The van der Waals surface area contributed by atoms with Crippen LogP contribution in [0.1, 0.15) is 34.0 Å². The van der Waals surface area contributed by atoms with Crippen molar-refractivity contribution in [3.05, 3.63) is 95.5 Å². The summed E-state index contributed by atoms with van der Waals surface area (Å²) in [5.74, 6) is -0.784. The number of aliphatic hydroxyl groups is 1. The Bertz CT molecular complexity index is 1890. The predicted octanol–water partition coefficient (Wildman–Crippen LogP) is 6.09. The Kier molecular flexibility index (Phi) is 8.87. The van der Waals surface area contributed by atoms with E-state index in [-0.39, 0.29) is 47.3 Å². The van der Waals surface area contributed by atoms with Crippen molar-refractivity contribution in [1.82, 2.24) is 14.8 Å². The number of nitrogens with zero attached hydrogens (tertiary/aromatic N) is 3. The van der Waals surface area contributed by atoms with E-state index in [0.29, 0.717) is 17.9 Å². The predicted molar refractivity (Wildman–Crippen MR) is 181 cm³/mol. The van der Waals surface area contributed by atoms with Gasteiger partial charge in [-0.2, -0.15) is 0 Å². The number of carbonyl (C=O) groups is 3. The average Bonchev–Trinajstić information content (AvgIpc) is 3.51. The number of likely N-dealkylation sites (N-methyl/N-ethyl adjacent to an activating group) is 1. The Morgan fingerprint density at radius 3 is 2.54 bits per heavy atom. The number of anilines is 2. The number of aromatic nitrogens is 1. The highest BCUT2D eigenvalue weighted by Gasteiger charge is 2.35. The van der Waals surface area contributed by atoms with Crippen LogP contribution in [-0.2, 0) is 0 Å². The molecular formula is C35H35N5O5S. The zero-order valence-electron chi connectivity index (χ0n) is 25.8. The van der Waals surface area contributed by atoms with E-state index in [2.05, 4.69) is 15.6 Å². The first-order valence-corrected chi connectivity index (χ1v) is 15.9. The lowest BCUT2D eigenvalue weighted by atomic mass is 9.99. The maximum atomic E-state index is 13.8. The lowest BCUT2D eigenvalue weighted by Gasteiger charge is -2.38. The number of thiazole rings is 1. The van der Waals surface area contributed by atoms with Crippen LogP contribution >= 0.6 is 11.3 Å². The van der Waals surface area contributed by atoms with E-state index >= 15 is 0 Å². The van der Waals surface area contributed by atoms with Gasteiger partial charge in [-0.05, 0) is 42.6 Å². The average molecular weight is 638 g/mol. The Labute approximate surface area is 270 Å². The molecule has 0 saturated carbocycles. The molecule has 0 fully saturated rings. The highest BCUT2D eigenvalue weighted by molar-refractivity contribution is 7.20. The molecule has 3 atom stereocenters. The van der Waals surface area contributed by atoms with Gasteiger partial charge < -0.3 is 30.3 Å². The number of urea groups is 1. The smallest absolute Gasteiger partial charge is 0.321 e. The van der Waals surface area contributed by atoms with E-state index in [4.69, 9.17) is 4.74 Å². The molecule has 4 aromatic carbocycles. The Morgan fingerprint density at radius 2 is 1.74 bits per heavy atom. The van der Waals surface area contributed by atoms with Crippen molar-refractivity contribution in [3.63, 3.8) is 0 Å². The standard InChI is InChI=1S/C35H35N5O5S/c1-21-18-40(22(2)20-41)34(43)25-13-9-16-28(36-32(42)33-37-27-14-6-7-17-30(27)46-33)31(25)45-29(21)19-39(3)35(44)38-26-15-8-11-23-10-4-5-12-24(23)26/h4-17,21-22,29,41H,18-20H2,1-3H3,(H,36,42)(H,38,44)/t21-,22+,29+/m0/s1. The number of fused-ring (bicyclic) bond motifs is 3. The molecule has 0 radical (unpaired) electrons. The fourth-order valence-corrected chi connectivity index (χ4v) is 6.46. The zero-order chi connectivity index (χ0) is 32.4. The van der Waals surface area contributed by atoms with Gasteiger partial charge in [-0.3, -0.25) is 9.59 Å². The highest BCUT2D eigenvalue weighted by Crippen LogP contribution is 2.36. The lowest BCUT2D eigenvalue weighted by Crippen LogP contribution is -2.50. The second-order valence-electron chi connectivity index (χ2n) is 11.6. The molecule has 236 valence electrons. The summed E-state index contributed by atoms with van der Waals surface area (Å²) in [6.07, 6.45) is -0.566. The van der Waals surface area contributed by atoms with Gasteiger partial charge >= 0.3 is 6.03 Å². The van der Waals surface area contributed by atoms with Gasteiger partial charge in [0, 0.05) is 24.9 Å². The van der Waals surface area contributed by atoms with Gasteiger partial charge in [0.15, 0.2) is 10.8 Å². The summed E-state index contributed by atoms with van der Waals surface area (Å²) in [6.45, 7) is 3.99. The molecule has 3 N–H and O–H groups in total. The quantitative estimate of drug-likeness (QED) is 0.199. The van der Waals surface area contributed by atoms with Crippen molar-refractivity contribution < 1.29 is 24.2 Å². The van der Waals surface area contributed by atoms with Gasteiger partial charge in [0.1, 0.15) is 6.10 Å². The Balaban J connectivity index is 1.29. The van der Waals surface area contributed by atoms with Crippen molar-refractivity contribution in [3.8, 4) is 5.75 Å². The van der Waals surface area contributed by atoms with Gasteiger partial charge in [-0.15, -0.1) is 11.3 Å². The van der Waals surface area contributed by atoms with E-state index in [1.54, 1.807) is 42.0 Å². The number of para-hydroxylation sites is 2. The Hall–Kier alpha value is -5.00. The monoisotopic (exact) mass is 637 g/mol. The Morgan fingerprint density at radius 1 is 1.02 bits per heavy atom. The van der Waals surface area contributed by atoms with Crippen molar-refractivity contribution >= 4 is 61.5 Å². The van der Waals surface area contributed by atoms with Crippen molar-refractivity contribution in [2.75, 3.05) is 37.4 Å². The fraction of sp³-hybridized carbons (Fsp3) is 0.257. The molecule has 11 heteroatoms. The molecule has 0 unspecified atom stereocenters. The molecule has 1 aliphatic heterocycles. The second-order valence-corrected chi connectivity index (χ2v) is 12.6. The molecular weight excluding hydrogens is 602 g/mol. The second kappa shape index (κ2) is 13.2. The van der Waals surface area contributed by atoms with Gasteiger partial charge in [0.2, 0.25) is 0 Å². The van der Waals surface area contributed by atoms with Crippen LogP contribution in [0, 0.1) is 5.92 Å². The molecule has 0 saturated heterocycles. The van der Waals surface area contributed by atoms with Gasteiger partial charge in [0.25, 0.3) is 11.8 Å². The van der Waals surface area contributed by atoms with E-state index in [1.807, 2.05) is 73.7 Å². The summed E-state index contributed by atoms with van der Waals surface area (Å²) in [7, 11) is 1.69. The minimum Gasteiger partial charge on any atom is -0.485 e. The summed E-state index contributed by atoms with van der Waals surface area (Å²) in [5, 5.41) is 18.2. The topological polar surface area (TPSA) is 124 Å². The molecule has 4 amide bonds. The minimum absolute atomic E-state index is 0.187. The molecule has 0 bridgehead atoms. The molecule has 1 aromatic heterocycles. The number of amides is 4. The van der Waals surface area contributed by atoms with Crippen LogP contribution in [-0.4, -0.2) is 76.6 Å². The third-order valence-electron chi connectivity index (χ3n) is 8.26. The number of hydrogen-bond acceptors (Lipinski definition) is 7. The zero-order valence-corrected chi connectivity index (χ0v) is 26.6. The van der Waals surface area contributed by atoms with Gasteiger partial charge in [-0.25, -0.2) is 9.78 Å². The normalized spacial score (nSPS) is 17.0. The summed E-state index contributed by atoms with van der Waals surface area (Å²) in [6, 6.07) is 25.3. The summed E-state index contributed by atoms with van der Waals surface area (Å²) < 4.78 is 7.47. The number of ether oxygens (including phenoxy) is 1. The third-order valence-corrected chi connectivity index (χ3v) is 9.29. The van der Waals surface area contributed by atoms with Crippen LogP contribution in [0.4, 0.5) is 16.2 Å². The largest absolute Gasteiger partial charge is 0.485 e. The van der Waals surface area contributed by atoms with Gasteiger partial charge in [0.05, 0.1) is 46.3 Å². The van der Waals surface area contributed by atoms with Crippen LogP contribution in [0.5, 0.6) is 5.75 Å². The van der Waals surface area contributed by atoms with Crippen LogP contribution in [0.3, 0.4) is 0 Å². The maximum Gasteiger partial charge on any atom is 0.321 e. The van der Waals surface area contributed by atoms with Crippen LogP contribution < -0.4 is 15.4 Å². The first-order valence-electron chi connectivity index (χ1n) is 15.1. The van der Waals surface area contributed by atoms with Gasteiger partial charge in [-0.1, -0.05) is 61.5 Å². The van der Waals surface area contributed by atoms with E-state index in [1.165, 1.54) is 11.3 Å². The van der Waals surface area contributed by atoms with Crippen molar-refractivity contribution in [2.45, 2.75) is 26.0 Å². The molecule has 5 aromatic rings. The summed E-state index contributed by atoms with van der Waals surface area (Å²) in [4.78, 5) is 48.3. The highest BCUT2D eigenvalue weighted by atomic mass is 32.1. The van der Waals surface area contributed by atoms with E-state index in [9.17, 15) is 19.5 Å². The molecule has 46 heavy (non-hydrogen) atoms. The third kappa shape index (κ3) is 6.24. The van der Waals surface area contributed by atoms with E-state index < -0.39 is 18.1 Å². The molecule has 0 spiro atoms. The number of benzene rings is 4. The minimum atomic E-state index is -0.566. The van der Waals surface area contributed by atoms with Crippen LogP contribution in [0.2, 0.25) is 0 Å². The molecule has 2 heterocycles. The van der Waals surface area contributed by atoms with Crippen molar-refractivity contribution in [2.24, 2.45) is 5.92 Å². The van der Waals surface area contributed by atoms with Crippen LogP contribution in [0.25, 0.3) is 21.0 Å². The number of hydrogen-bond donors (Lipinski definition) is 3. The van der Waals surface area contributed by atoms with E-state index in [0.717, 1.165) is 21.0 Å². The SMILES string of the molecule is C[C@H](CO)N1C[C@H](C)[C@@H](CN(C)C(=O)Nc2cccc3ccccc23)Oc2c(NC(=O)c3nc4ccccc4s3)cccc2C1=O. The molecule has 10 nitrogen and oxygen atoms in total. The summed E-state index contributed by atoms with van der Waals surface area (Å²) in [5.41, 5.74) is 1.98. The molecule has 1 aliphatic rings. The lowest BCUT2D eigenvalue weighted by molar-refractivity contribution is 0.0372. The molecule has 6 rings (SSSR count). The summed E-state index contributed by atoms with van der Waals surface area (Å²) >= 11 is 1.27. The number of nitrogens with one attached hydrogen (secondary N) is 2. The van der Waals surface area contributed by atoms with Crippen LogP contribution in [0.15, 0.2) is 84.9 Å². The number of carbonyl (C=O) groups excluding carboxylic acids is 3. The maximum absolute atomic E-state index is 13.8. The fourth-order valence-electron chi connectivity index (χ4n) is 5.60. The molecule has 0 aliphatic carbocycles. The number of rotatable bonds is 7. The first kappa shape index (κ1) is 31.0. The number of aliphatic hydroxyl groups excluding tert-OH is 1. The van der Waals surface area contributed by atoms with Crippen molar-refractivity contribution in [1.29, 1.82) is 0 Å².